The molecule has 0 atom stereocenters. The summed E-state index contributed by atoms with van der Waals surface area (Å²) in [6, 6.07) is 4.67. The Labute approximate surface area is 105 Å². The molecular formula is C13H15FO4. The maximum atomic E-state index is 12.8. The van der Waals surface area contributed by atoms with E-state index in [1.165, 1.54) is 20.3 Å². The first-order chi connectivity index (χ1) is 8.67. The van der Waals surface area contributed by atoms with Crippen LogP contribution in [0.25, 0.3) is 5.57 Å². The molecule has 4 nitrogen and oxygen atoms in total. The first-order valence-electron chi connectivity index (χ1n) is 5.37. The van der Waals surface area contributed by atoms with Gasteiger partial charge in [-0.1, -0.05) is 6.07 Å². The summed E-state index contributed by atoms with van der Waals surface area (Å²) in [6.07, 6.45) is 0.221. The fraction of sp³-hybridized carbons (Fsp3) is 0.308. The van der Waals surface area contributed by atoms with E-state index in [1.807, 2.05) is 0 Å². The van der Waals surface area contributed by atoms with Crippen LogP contribution in [0.4, 0.5) is 4.39 Å². The van der Waals surface area contributed by atoms with Crippen molar-refractivity contribution in [3.05, 3.63) is 30.1 Å². The third-order valence-electron chi connectivity index (χ3n) is 2.30. The van der Waals surface area contributed by atoms with Crippen molar-refractivity contribution in [3.8, 4) is 11.5 Å². The van der Waals surface area contributed by atoms with Crippen LogP contribution in [0.5, 0.6) is 11.5 Å². The molecule has 0 fully saturated rings. The Morgan fingerprint density at radius 2 is 1.94 bits per heavy atom. The highest BCUT2D eigenvalue weighted by Crippen LogP contribution is 2.30. The van der Waals surface area contributed by atoms with Crippen LogP contribution in [-0.4, -0.2) is 26.8 Å². The minimum Gasteiger partial charge on any atom is -0.493 e. The highest BCUT2D eigenvalue weighted by Gasteiger charge is 2.15. The number of halogens is 1. The van der Waals surface area contributed by atoms with E-state index in [9.17, 15) is 9.18 Å². The van der Waals surface area contributed by atoms with Gasteiger partial charge in [-0.05, 0) is 24.6 Å². The first-order valence-corrected chi connectivity index (χ1v) is 5.37. The lowest BCUT2D eigenvalue weighted by atomic mass is 10.1. The van der Waals surface area contributed by atoms with Gasteiger partial charge in [-0.3, -0.25) is 0 Å². The van der Waals surface area contributed by atoms with Crippen LogP contribution in [0.2, 0.25) is 0 Å². The lowest BCUT2D eigenvalue weighted by Gasteiger charge is -2.10. The van der Waals surface area contributed by atoms with Gasteiger partial charge in [-0.2, -0.15) is 0 Å². The molecule has 0 spiro atoms. The van der Waals surface area contributed by atoms with Gasteiger partial charge in [0.1, 0.15) is 6.33 Å². The highest BCUT2D eigenvalue weighted by atomic mass is 19.1. The van der Waals surface area contributed by atoms with Gasteiger partial charge in [-0.25, -0.2) is 9.18 Å². The molecule has 5 heteroatoms. The average Bonchev–Trinajstić information content (AvgIpc) is 2.39. The molecule has 0 aliphatic heterocycles. The zero-order chi connectivity index (χ0) is 13.5. The van der Waals surface area contributed by atoms with Crippen LogP contribution in [-0.2, 0) is 9.53 Å². The van der Waals surface area contributed by atoms with Crippen molar-refractivity contribution in [2.45, 2.75) is 6.92 Å². The quantitative estimate of drug-likeness (QED) is 0.598. The highest BCUT2D eigenvalue weighted by molar-refractivity contribution is 6.16. The summed E-state index contributed by atoms with van der Waals surface area (Å²) in [5.41, 5.74) is 0.214. The first kappa shape index (κ1) is 14.0. The zero-order valence-electron chi connectivity index (χ0n) is 10.5. The van der Waals surface area contributed by atoms with Crippen molar-refractivity contribution in [1.82, 2.24) is 0 Å². The van der Waals surface area contributed by atoms with Gasteiger partial charge in [0, 0.05) is 0 Å². The Morgan fingerprint density at radius 3 is 2.44 bits per heavy atom. The van der Waals surface area contributed by atoms with Crippen molar-refractivity contribution >= 4 is 11.5 Å². The molecule has 0 heterocycles. The van der Waals surface area contributed by atoms with Crippen LogP contribution in [0.15, 0.2) is 24.5 Å². The van der Waals surface area contributed by atoms with Gasteiger partial charge in [-0.15, -0.1) is 0 Å². The van der Waals surface area contributed by atoms with E-state index in [0.717, 1.165) is 0 Å². The Hall–Kier alpha value is -2.04. The summed E-state index contributed by atoms with van der Waals surface area (Å²) >= 11 is 0. The molecule has 0 bridgehead atoms. The van der Waals surface area contributed by atoms with Crippen LogP contribution in [0.3, 0.4) is 0 Å². The standard InChI is InChI=1S/C13H15FO4/c1-4-18-13(15)10(8-14)9-5-6-11(16-2)12(7-9)17-3/h5-8H,4H2,1-3H3. The number of methoxy groups -OCH3 is 2. The fourth-order valence-corrected chi connectivity index (χ4v) is 1.44. The largest absolute Gasteiger partial charge is 0.493 e. The molecule has 0 N–H and O–H groups in total. The van der Waals surface area contributed by atoms with Crippen molar-refractivity contribution in [3.63, 3.8) is 0 Å². The van der Waals surface area contributed by atoms with Crippen LogP contribution in [0.1, 0.15) is 12.5 Å². The third kappa shape index (κ3) is 3.00. The number of carbonyl (C=O) groups excluding carboxylic acids is 1. The van der Waals surface area contributed by atoms with Crippen molar-refractivity contribution in [1.29, 1.82) is 0 Å². The molecule has 1 aromatic carbocycles. The van der Waals surface area contributed by atoms with Gasteiger partial charge < -0.3 is 14.2 Å². The predicted octanol–water partition coefficient (Wildman–Crippen LogP) is 2.58. The Morgan fingerprint density at radius 1 is 1.28 bits per heavy atom. The number of rotatable bonds is 5. The molecule has 0 aromatic heterocycles. The van der Waals surface area contributed by atoms with Gasteiger partial charge in [0.05, 0.1) is 26.4 Å². The molecule has 0 radical (unpaired) electrons. The molecule has 0 saturated carbocycles. The molecule has 0 aliphatic carbocycles. The number of hydrogen-bond acceptors (Lipinski definition) is 4. The van der Waals surface area contributed by atoms with E-state index in [2.05, 4.69) is 0 Å². The monoisotopic (exact) mass is 254 g/mol. The Kier molecular flexibility index (Phi) is 5.17. The van der Waals surface area contributed by atoms with Crippen LogP contribution in [0, 0.1) is 0 Å². The summed E-state index contributed by atoms with van der Waals surface area (Å²) in [5, 5.41) is 0. The molecule has 1 rings (SSSR count). The number of hydrogen-bond donors (Lipinski definition) is 0. The molecule has 18 heavy (non-hydrogen) atoms. The van der Waals surface area contributed by atoms with Gasteiger partial charge >= 0.3 is 5.97 Å². The third-order valence-corrected chi connectivity index (χ3v) is 2.30. The maximum absolute atomic E-state index is 12.8. The SMILES string of the molecule is CCOC(=O)C(=CF)c1ccc(OC)c(OC)c1. The second kappa shape index (κ2) is 6.64. The normalized spacial score (nSPS) is 11.0. The van der Waals surface area contributed by atoms with Gasteiger partial charge in [0.2, 0.25) is 0 Å². The summed E-state index contributed by atoms with van der Waals surface area (Å²) in [6.45, 7) is 1.84. The number of esters is 1. The molecule has 0 unspecified atom stereocenters. The summed E-state index contributed by atoms with van der Waals surface area (Å²) in [7, 11) is 2.96. The van der Waals surface area contributed by atoms with E-state index >= 15 is 0 Å². The molecule has 98 valence electrons. The predicted molar refractivity (Wildman–Crippen MR) is 65.3 cm³/mol. The topological polar surface area (TPSA) is 44.8 Å². The maximum Gasteiger partial charge on any atom is 0.341 e. The van der Waals surface area contributed by atoms with E-state index in [-0.39, 0.29) is 18.5 Å². The second-order valence-corrected chi connectivity index (χ2v) is 3.31. The van der Waals surface area contributed by atoms with Gasteiger partial charge in [0.25, 0.3) is 0 Å². The van der Waals surface area contributed by atoms with Crippen molar-refractivity contribution in [2.24, 2.45) is 0 Å². The molecule has 0 aliphatic rings. The zero-order valence-corrected chi connectivity index (χ0v) is 10.5. The van der Waals surface area contributed by atoms with E-state index < -0.39 is 5.97 Å². The lowest BCUT2D eigenvalue weighted by Crippen LogP contribution is -2.06. The number of benzene rings is 1. The van der Waals surface area contributed by atoms with E-state index in [4.69, 9.17) is 14.2 Å². The van der Waals surface area contributed by atoms with Crippen LogP contribution >= 0.6 is 0 Å². The Balaban J connectivity index is 3.12. The Bertz CT molecular complexity index is 454. The molecular weight excluding hydrogens is 239 g/mol. The van der Waals surface area contributed by atoms with Crippen LogP contribution < -0.4 is 9.47 Å². The molecule has 1 aromatic rings. The fourth-order valence-electron chi connectivity index (χ4n) is 1.44. The number of ether oxygens (including phenoxy) is 3. The molecule has 0 amide bonds. The van der Waals surface area contributed by atoms with Crippen molar-refractivity contribution < 1.29 is 23.4 Å². The van der Waals surface area contributed by atoms with E-state index in [0.29, 0.717) is 17.1 Å². The van der Waals surface area contributed by atoms with Crippen molar-refractivity contribution in [2.75, 3.05) is 20.8 Å². The lowest BCUT2D eigenvalue weighted by molar-refractivity contribution is -0.136. The summed E-state index contributed by atoms with van der Waals surface area (Å²) < 4.78 is 27.7. The average molecular weight is 254 g/mol. The summed E-state index contributed by atoms with van der Waals surface area (Å²) in [5.74, 6) is 0.203. The second-order valence-electron chi connectivity index (χ2n) is 3.31. The smallest absolute Gasteiger partial charge is 0.341 e. The number of carbonyl (C=O) groups is 1. The molecule has 0 saturated heterocycles. The van der Waals surface area contributed by atoms with E-state index in [1.54, 1.807) is 19.1 Å². The minimum absolute atomic E-state index is 0.155. The van der Waals surface area contributed by atoms with Gasteiger partial charge in [0.15, 0.2) is 11.5 Å². The minimum atomic E-state index is -0.716. The summed E-state index contributed by atoms with van der Waals surface area (Å²) in [4.78, 5) is 11.5.